The van der Waals surface area contributed by atoms with Gasteiger partial charge in [-0.15, -0.1) is 0 Å². The van der Waals surface area contributed by atoms with Crippen molar-refractivity contribution in [1.29, 1.82) is 0 Å². The van der Waals surface area contributed by atoms with Crippen LogP contribution in [0.4, 0.5) is 0 Å². The summed E-state index contributed by atoms with van der Waals surface area (Å²) in [5, 5.41) is 0.424. The number of thioether (sulfide) groups is 1. The Hall–Kier alpha value is -2.88. The number of nitrogens with zero attached hydrogens (tertiary/aromatic N) is 1. The third-order valence-electron chi connectivity index (χ3n) is 4.45. The summed E-state index contributed by atoms with van der Waals surface area (Å²) in [7, 11) is 1.58. The number of carbonyl (C=O) groups excluding carboxylic acids is 3. The first kappa shape index (κ1) is 23.8. The third kappa shape index (κ3) is 6.32. The number of hydrogen-bond acceptors (Lipinski definition) is 6. The molecule has 1 fully saturated rings. The molecule has 0 saturated carbocycles. The number of amides is 3. The highest BCUT2D eigenvalue weighted by atomic mass is 35.5. The first-order valence-electron chi connectivity index (χ1n) is 9.61. The van der Waals surface area contributed by atoms with E-state index in [4.69, 9.17) is 28.6 Å². The van der Waals surface area contributed by atoms with Crippen molar-refractivity contribution in [2.45, 2.75) is 12.8 Å². The van der Waals surface area contributed by atoms with Crippen LogP contribution in [0.3, 0.4) is 0 Å². The number of hydrogen-bond donors (Lipinski definition) is 2. The number of halogens is 1. The number of hydrazine groups is 1. The number of carbonyl (C=O) groups is 3. The summed E-state index contributed by atoms with van der Waals surface area (Å²) in [5.74, 6) is -0.349. The lowest BCUT2D eigenvalue weighted by Crippen LogP contribution is -2.41. The van der Waals surface area contributed by atoms with Gasteiger partial charge in [0.15, 0.2) is 0 Å². The molecule has 3 amide bonds. The maximum absolute atomic E-state index is 12.7. The van der Waals surface area contributed by atoms with Gasteiger partial charge in [-0.1, -0.05) is 53.8 Å². The molecule has 0 bridgehead atoms. The van der Waals surface area contributed by atoms with Crippen LogP contribution in [0.15, 0.2) is 53.4 Å². The van der Waals surface area contributed by atoms with Gasteiger partial charge < -0.3 is 4.74 Å². The topological polar surface area (TPSA) is 87.7 Å². The van der Waals surface area contributed by atoms with Gasteiger partial charge >= 0.3 is 0 Å². The molecular weight excluding hydrogens is 470 g/mol. The van der Waals surface area contributed by atoms with Crippen molar-refractivity contribution in [3.8, 4) is 5.75 Å². The summed E-state index contributed by atoms with van der Waals surface area (Å²) in [6, 6.07) is 13.7. The highest BCUT2D eigenvalue weighted by molar-refractivity contribution is 8.26. The molecule has 0 spiro atoms. The second-order valence-corrected chi connectivity index (χ2v) is 8.84. The largest absolute Gasteiger partial charge is 0.497 e. The second kappa shape index (κ2) is 11.1. The predicted molar refractivity (Wildman–Crippen MR) is 129 cm³/mol. The Balaban J connectivity index is 1.47. The number of methoxy groups -OCH3 is 1. The Bertz CT molecular complexity index is 1090. The molecule has 0 aromatic heterocycles. The molecule has 0 radical (unpaired) electrons. The maximum atomic E-state index is 12.7. The van der Waals surface area contributed by atoms with Gasteiger partial charge in [0.25, 0.3) is 11.8 Å². The molecule has 3 rings (SSSR count). The first-order chi connectivity index (χ1) is 15.4. The zero-order valence-electron chi connectivity index (χ0n) is 17.1. The van der Waals surface area contributed by atoms with Gasteiger partial charge in [0, 0.05) is 23.6 Å². The summed E-state index contributed by atoms with van der Waals surface area (Å²) in [5.41, 5.74) is 5.86. The molecule has 0 unspecified atom stereocenters. The van der Waals surface area contributed by atoms with Crippen LogP contribution in [0, 0.1) is 0 Å². The van der Waals surface area contributed by atoms with E-state index in [1.807, 2.05) is 24.3 Å². The SMILES string of the molecule is COc1cccc(C=C2SC(=S)N(CCCC(=O)NNC(=O)c3cccc(Cl)c3)C2=O)c1. The Kier molecular flexibility index (Phi) is 8.26. The van der Waals surface area contributed by atoms with E-state index in [1.165, 1.54) is 22.7 Å². The summed E-state index contributed by atoms with van der Waals surface area (Å²) >= 11 is 12.4. The van der Waals surface area contributed by atoms with Crippen molar-refractivity contribution in [1.82, 2.24) is 15.8 Å². The molecule has 0 atom stereocenters. The molecule has 1 saturated heterocycles. The molecule has 32 heavy (non-hydrogen) atoms. The Morgan fingerprint density at radius 3 is 2.72 bits per heavy atom. The van der Waals surface area contributed by atoms with E-state index in [0.29, 0.717) is 38.5 Å². The summed E-state index contributed by atoms with van der Waals surface area (Å²) < 4.78 is 5.65. The lowest BCUT2D eigenvalue weighted by atomic mass is 10.2. The van der Waals surface area contributed by atoms with E-state index in [9.17, 15) is 14.4 Å². The molecule has 166 valence electrons. The first-order valence-corrected chi connectivity index (χ1v) is 11.2. The van der Waals surface area contributed by atoms with Gasteiger partial charge in [-0.05, 0) is 48.4 Å². The van der Waals surface area contributed by atoms with Crippen LogP contribution in [-0.4, -0.2) is 40.6 Å². The Morgan fingerprint density at radius 2 is 1.97 bits per heavy atom. The van der Waals surface area contributed by atoms with Gasteiger partial charge in [-0.25, -0.2) is 0 Å². The van der Waals surface area contributed by atoms with Gasteiger partial charge in [-0.2, -0.15) is 0 Å². The number of benzene rings is 2. The summed E-state index contributed by atoms with van der Waals surface area (Å²) in [4.78, 5) is 38.7. The Morgan fingerprint density at radius 1 is 1.19 bits per heavy atom. The zero-order valence-corrected chi connectivity index (χ0v) is 19.5. The van der Waals surface area contributed by atoms with Gasteiger partial charge in [0.2, 0.25) is 5.91 Å². The zero-order chi connectivity index (χ0) is 23.1. The van der Waals surface area contributed by atoms with E-state index < -0.39 is 5.91 Å². The lowest BCUT2D eigenvalue weighted by Gasteiger charge is -2.14. The fraction of sp³-hybridized carbons (Fsp3) is 0.182. The lowest BCUT2D eigenvalue weighted by molar-refractivity contribution is -0.124. The van der Waals surface area contributed by atoms with E-state index in [1.54, 1.807) is 31.4 Å². The van der Waals surface area contributed by atoms with Crippen molar-refractivity contribution in [2.24, 2.45) is 0 Å². The smallest absolute Gasteiger partial charge is 0.269 e. The second-order valence-electron chi connectivity index (χ2n) is 6.73. The average Bonchev–Trinajstić information content (AvgIpc) is 3.04. The number of thiocarbonyl (C=S) groups is 1. The fourth-order valence-electron chi connectivity index (χ4n) is 2.86. The number of rotatable bonds is 7. The van der Waals surface area contributed by atoms with E-state index in [0.717, 1.165) is 5.56 Å². The van der Waals surface area contributed by atoms with Crippen LogP contribution < -0.4 is 15.6 Å². The van der Waals surface area contributed by atoms with Crippen LogP contribution in [0.1, 0.15) is 28.8 Å². The van der Waals surface area contributed by atoms with E-state index in [2.05, 4.69) is 10.9 Å². The van der Waals surface area contributed by atoms with Gasteiger partial charge in [0.1, 0.15) is 10.1 Å². The molecule has 1 heterocycles. The van der Waals surface area contributed by atoms with Crippen molar-refractivity contribution >= 4 is 63.7 Å². The fourth-order valence-corrected chi connectivity index (χ4v) is 4.36. The van der Waals surface area contributed by atoms with Crippen molar-refractivity contribution in [2.75, 3.05) is 13.7 Å². The van der Waals surface area contributed by atoms with Crippen LogP contribution in [0.2, 0.25) is 5.02 Å². The quantitative estimate of drug-likeness (QED) is 0.349. The maximum Gasteiger partial charge on any atom is 0.269 e. The van der Waals surface area contributed by atoms with E-state index >= 15 is 0 Å². The molecule has 7 nitrogen and oxygen atoms in total. The van der Waals surface area contributed by atoms with Gasteiger partial charge in [0.05, 0.1) is 12.0 Å². The summed E-state index contributed by atoms with van der Waals surface area (Å²) in [6.07, 6.45) is 2.26. The normalized spacial score (nSPS) is 14.6. The monoisotopic (exact) mass is 489 g/mol. The number of nitrogens with one attached hydrogen (secondary N) is 2. The molecular formula is C22H20ClN3O4S2. The standard InChI is InChI=1S/C22H20ClN3O4S2/c1-30-17-8-2-5-14(11-17)12-18-21(29)26(22(31)32-18)10-4-9-19(27)24-25-20(28)15-6-3-7-16(23)13-15/h2-3,5-8,11-13H,4,9-10H2,1H3,(H,24,27)(H,25,28). The van der Waals surface area contributed by atoms with Crippen LogP contribution in [0.25, 0.3) is 6.08 Å². The average molecular weight is 490 g/mol. The minimum Gasteiger partial charge on any atom is -0.497 e. The molecule has 1 aliphatic heterocycles. The Labute approximate surface area is 200 Å². The molecule has 2 aromatic carbocycles. The molecule has 1 aliphatic rings. The molecule has 2 aromatic rings. The van der Waals surface area contributed by atoms with E-state index in [-0.39, 0.29) is 18.2 Å². The van der Waals surface area contributed by atoms with Crippen LogP contribution in [0.5, 0.6) is 5.75 Å². The summed E-state index contributed by atoms with van der Waals surface area (Å²) in [6.45, 7) is 0.301. The molecule has 0 aliphatic carbocycles. The minimum absolute atomic E-state index is 0.113. The van der Waals surface area contributed by atoms with Crippen LogP contribution in [-0.2, 0) is 9.59 Å². The van der Waals surface area contributed by atoms with Crippen molar-refractivity contribution in [3.05, 3.63) is 69.6 Å². The van der Waals surface area contributed by atoms with Gasteiger partial charge in [-0.3, -0.25) is 30.1 Å². The van der Waals surface area contributed by atoms with Crippen LogP contribution >= 0.6 is 35.6 Å². The van der Waals surface area contributed by atoms with Crippen molar-refractivity contribution < 1.29 is 19.1 Å². The minimum atomic E-state index is -0.472. The third-order valence-corrected chi connectivity index (χ3v) is 6.07. The predicted octanol–water partition coefficient (Wildman–Crippen LogP) is 3.79. The highest BCUT2D eigenvalue weighted by Crippen LogP contribution is 2.33. The highest BCUT2D eigenvalue weighted by Gasteiger charge is 2.31. The molecule has 2 N–H and O–H groups in total. The molecule has 10 heteroatoms. The number of ether oxygens (including phenoxy) is 1. The van der Waals surface area contributed by atoms with Crippen molar-refractivity contribution in [3.63, 3.8) is 0 Å².